The number of anilines is 1. The summed E-state index contributed by atoms with van der Waals surface area (Å²) < 4.78 is 1.08. The molecule has 1 aromatic rings. The van der Waals surface area contributed by atoms with E-state index in [1.54, 1.807) is 11.9 Å². The highest BCUT2D eigenvalue weighted by atomic mass is 127. The second-order valence-electron chi connectivity index (χ2n) is 3.52. The van der Waals surface area contributed by atoms with Crippen molar-refractivity contribution in [1.82, 2.24) is 4.90 Å². The van der Waals surface area contributed by atoms with Crippen LogP contribution in [0.5, 0.6) is 0 Å². The van der Waals surface area contributed by atoms with Gasteiger partial charge in [-0.3, -0.25) is 9.69 Å². The minimum atomic E-state index is -0.0713. The van der Waals surface area contributed by atoms with Gasteiger partial charge in [-0.2, -0.15) is 0 Å². The van der Waals surface area contributed by atoms with Crippen LogP contribution < -0.4 is 5.32 Å². The fourth-order valence-corrected chi connectivity index (χ4v) is 1.80. The standard InChI is InChI=1S/C11H15IN2O2/c1-14(5-6-15)8-11(16)13-10-4-2-3-9(12)7-10/h2-4,7,15H,5-6,8H2,1H3,(H,13,16). The van der Waals surface area contributed by atoms with Gasteiger partial charge in [-0.1, -0.05) is 6.07 Å². The Balaban J connectivity index is 2.45. The summed E-state index contributed by atoms with van der Waals surface area (Å²) in [5, 5.41) is 11.5. The van der Waals surface area contributed by atoms with Crippen molar-refractivity contribution in [3.8, 4) is 0 Å². The molecule has 0 spiro atoms. The van der Waals surface area contributed by atoms with Crippen LogP contribution in [-0.4, -0.2) is 42.7 Å². The maximum atomic E-state index is 11.6. The number of amides is 1. The third kappa shape index (κ3) is 4.91. The molecule has 1 aromatic carbocycles. The molecule has 0 unspecified atom stereocenters. The van der Waals surface area contributed by atoms with E-state index in [1.807, 2.05) is 24.3 Å². The van der Waals surface area contributed by atoms with Crippen molar-refractivity contribution in [3.05, 3.63) is 27.8 Å². The van der Waals surface area contributed by atoms with Crippen molar-refractivity contribution >= 4 is 34.2 Å². The SMILES string of the molecule is CN(CCO)CC(=O)Nc1cccc(I)c1. The minimum absolute atomic E-state index is 0.0625. The summed E-state index contributed by atoms with van der Waals surface area (Å²) in [4.78, 5) is 13.3. The molecule has 0 aromatic heterocycles. The van der Waals surface area contributed by atoms with Crippen LogP contribution in [0.4, 0.5) is 5.69 Å². The highest BCUT2D eigenvalue weighted by molar-refractivity contribution is 14.1. The molecule has 5 heteroatoms. The van der Waals surface area contributed by atoms with Crippen LogP contribution in [0.15, 0.2) is 24.3 Å². The number of halogens is 1. The second kappa shape index (κ2) is 6.82. The van der Waals surface area contributed by atoms with Crippen LogP contribution in [0.3, 0.4) is 0 Å². The van der Waals surface area contributed by atoms with Crippen LogP contribution in [0.1, 0.15) is 0 Å². The Morgan fingerprint density at radius 3 is 2.94 bits per heavy atom. The zero-order valence-corrected chi connectivity index (χ0v) is 11.3. The van der Waals surface area contributed by atoms with E-state index in [9.17, 15) is 4.79 Å². The van der Waals surface area contributed by atoms with E-state index >= 15 is 0 Å². The molecular weight excluding hydrogens is 319 g/mol. The monoisotopic (exact) mass is 334 g/mol. The lowest BCUT2D eigenvalue weighted by molar-refractivity contribution is -0.117. The van der Waals surface area contributed by atoms with Crippen LogP contribution in [-0.2, 0) is 4.79 Å². The summed E-state index contributed by atoms with van der Waals surface area (Å²) in [7, 11) is 1.80. The Morgan fingerprint density at radius 1 is 1.56 bits per heavy atom. The summed E-state index contributed by atoms with van der Waals surface area (Å²) in [5.41, 5.74) is 0.800. The van der Waals surface area contributed by atoms with Crippen molar-refractivity contribution in [2.75, 3.05) is 32.1 Å². The molecule has 0 aliphatic rings. The molecule has 0 bridgehead atoms. The summed E-state index contributed by atoms with van der Waals surface area (Å²) in [5.74, 6) is -0.0713. The molecule has 0 saturated heterocycles. The molecule has 0 aliphatic carbocycles. The number of aliphatic hydroxyl groups excluding tert-OH is 1. The van der Waals surface area contributed by atoms with Crippen molar-refractivity contribution in [2.24, 2.45) is 0 Å². The van der Waals surface area contributed by atoms with Gasteiger partial charge in [0.25, 0.3) is 0 Å². The zero-order valence-electron chi connectivity index (χ0n) is 9.11. The van der Waals surface area contributed by atoms with E-state index in [1.165, 1.54) is 0 Å². The Morgan fingerprint density at radius 2 is 2.31 bits per heavy atom. The maximum absolute atomic E-state index is 11.6. The number of hydrogen-bond donors (Lipinski definition) is 2. The number of nitrogens with one attached hydrogen (secondary N) is 1. The third-order valence-electron chi connectivity index (χ3n) is 2.00. The quantitative estimate of drug-likeness (QED) is 0.795. The first-order chi connectivity index (χ1) is 7.61. The number of likely N-dealkylation sites (N-methyl/N-ethyl adjacent to an activating group) is 1. The highest BCUT2D eigenvalue weighted by Crippen LogP contribution is 2.12. The number of carbonyl (C=O) groups excluding carboxylic acids is 1. The largest absolute Gasteiger partial charge is 0.395 e. The average molecular weight is 334 g/mol. The third-order valence-corrected chi connectivity index (χ3v) is 2.67. The molecule has 16 heavy (non-hydrogen) atoms. The van der Waals surface area contributed by atoms with E-state index in [-0.39, 0.29) is 19.1 Å². The molecular formula is C11H15IN2O2. The van der Waals surface area contributed by atoms with Crippen molar-refractivity contribution in [2.45, 2.75) is 0 Å². The van der Waals surface area contributed by atoms with Crippen molar-refractivity contribution < 1.29 is 9.90 Å². The van der Waals surface area contributed by atoms with Gasteiger partial charge in [-0.15, -0.1) is 0 Å². The molecule has 0 atom stereocenters. The fraction of sp³-hybridized carbons (Fsp3) is 0.364. The summed E-state index contributed by atoms with van der Waals surface area (Å²) >= 11 is 2.20. The number of nitrogens with zero attached hydrogens (tertiary/aromatic N) is 1. The van der Waals surface area contributed by atoms with Gasteiger partial charge in [-0.05, 0) is 47.8 Å². The molecule has 0 radical (unpaired) electrons. The number of rotatable bonds is 5. The normalized spacial score (nSPS) is 10.5. The number of hydrogen-bond acceptors (Lipinski definition) is 3. The molecule has 1 amide bonds. The van der Waals surface area contributed by atoms with Crippen LogP contribution >= 0.6 is 22.6 Å². The second-order valence-corrected chi connectivity index (χ2v) is 4.77. The van der Waals surface area contributed by atoms with Crippen LogP contribution in [0.25, 0.3) is 0 Å². The molecule has 2 N–H and O–H groups in total. The predicted molar refractivity (Wildman–Crippen MR) is 72.4 cm³/mol. The van der Waals surface area contributed by atoms with E-state index in [0.29, 0.717) is 6.54 Å². The summed E-state index contributed by atoms with van der Waals surface area (Å²) in [6.45, 7) is 0.846. The fourth-order valence-electron chi connectivity index (χ4n) is 1.26. The number of aliphatic hydroxyl groups is 1. The van der Waals surface area contributed by atoms with E-state index in [0.717, 1.165) is 9.26 Å². The first kappa shape index (κ1) is 13.4. The number of carbonyl (C=O) groups is 1. The van der Waals surface area contributed by atoms with Gasteiger partial charge in [0.1, 0.15) is 0 Å². The lowest BCUT2D eigenvalue weighted by Gasteiger charge is -2.14. The van der Waals surface area contributed by atoms with Gasteiger partial charge < -0.3 is 10.4 Å². The topological polar surface area (TPSA) is 52.6 Å². The van der Waals surface area contributed by atoms with Gasteiger partial charge in [-0.25, -0.2) is 0 Å². The Kier molecular flexibility index (Phi) is 5.72. The van der Waals surface area contributed by atoms with Gasteiger partial charge in [0.05, 0.1) is 13.2 Å². The maximum Gasteiger partial charge on any atom is 0.238 e. The molecule has 0 fully saturated rings. The van der Waals surface area contributed by atoms with Crippen molar-refractivity contribution in [3.63, 3.8) is 0 Å². The van der Waals surface area contributed by atoms with Gasteiger partial charge in [0, 0.05) is 15.8 Å². The Bertz CT molecular complexity index is 358. The van der Waals surface area contributed by atoms with Gasteiger partial charge in [0.2, 0.25) is 5.91 Å². The molecule has 0 heterocycles. The molecule has 88 valence electrons. The molecule has 4 nitrogen and oxygen atoms in total. The van der Waals surface area contributed by atoms with Crippen molar-refractivity contribution in [1.29, 1.82) is 0 Å². The smallest absolute Gasteiger partial charge is 0.238 e. The number of benzene rings is 1. The first-order valence-corrected chi connectivity index (χ1v) is 6.04. The Hall–Kier alpha value is -0.660. The molecule has 0 saturated carbocycles. The zero-order chi connectivity index (χ0) is 12.0. The van der Waals surface area contributed by atoms with Gasteiger partial charge in [0.15, 0.2) is 0 Å². The minimum Gasteiger partial charge on any atom is -0.395 e. The van der Waals surface area contributed by atoms with E-state index in [2.05, 4.69) is 27.9 Å². The first-order valence-electron chi connectivity index (χ1n) is 4.96. The van der Waals surface area contributed by atoms with Gasteiger partial charge >= 0.3 is 0 Å². The lowest BCUT2D eigenvalue weighted by Crippen LogP contribution is -2.32. The van der Waals surface area contributed by atoms with Crippen LogP contribution in [0, 0.1) is 3.57 Å². The highest BCUT2D eigenvalue weighted by Gasteiger charge is 2.06. The average Bonchev–Trinajstić information content (AvgIpc) is 2.17. The van der Waals surface area contributed by atoms with Crippen LogP contribution in [0.2, 0.25) is 0 Å². The lowest BCUT2D eigenvalue weighted by atomic mass is 10.3. The molecule has 0 aliphatic heterocycles. The predicted octanol–water partition coefficient (Wildman–Crippen LogP) is 1.15. The van der Waals surface area contributed by atoms with E-state index < -0.39 is 0 Å². The summed E-state index contributed by atoms with van der Waals surface area (Å²) in [6.07, 6.45) is 0. The molecule has 1 rings (SSSR count). The Labute approximate surface area is 109 Å². The van der Waals surface area contributed by atoms with E-state index in [4.69, 9.17) is 5.11 Å². The summed E-state index contributed by atoms with van der Waals surface area (Å²) in [6, 6.07) is 7.62.